The Balaban J connectivity index is 2.08. The molecule has 2 N–H and O–H groups in total. The Bertz CT molecular complexity index is 642. The van der Waals surface area contributed by atoms with Crippen LogP contribution < -0.4 is 10.6 Å². The Kier molecular flexibility index (Phi) is 2.52. The van der Waals surface area contributed by atoms with Gasteiger partial charge >= 0.3 is 0 Å². The summed E-state index contributed by atoms with van der Waals surface area (Å²) in [6.45, 7) is 1.78. The summed E-state index contributed by atoms with van der Waals surface area (Å²) in [5, 5.41) is 5.94. The largest absolute Gasteiger partial charge is 0.366 e. The van der Waals surface area contributed by atoms with Crippen LogP contribution in [-0.2, 0) is 10.3 Å². The molecule has 2 aromatic rings. The van der Waals surface area contributed by atoms with Gasteiger partial charge in [0.1, 0.15) is 11.4 Å². The highest BCUT2D eigenvalue weighted by atomic mass is 19.1. The standard InChI is InChI=1S/C15H13FN2O/c1-15(10-5-3-2-4-6-10)14(19)17-12-8-7-11(16)9-13(12)18-15/h2-9,18H,1H3,(H,17,19). The number of benzene rings is 2. The fourth-order valence-electron chi connectivity index (χ4n) is 2.28. The Morgan fingerprint density at radius 1 is 1.05 bits per heavy atom. The molecular weight excluding hydrogens is 243 g/mol. The average molecular weight is 256 g/mol. The van der Waals surface area contributed by atoms with Crippen molar-refractivity contribution >= 4 is 17.3 Å². The van der Waals surface area contributed by atoms with Gasteiger partial charge in [-0.2, -0.15) is 0 Å². The molecule has 1 amide bonds. The van der Waals surface area contributed by atoms with Crippen LogP contribution in [-0.4, -0.2) is 5.91 Å². The molecule has 0 radical (unpaired) electrons. The van der Waals surface area contributed by atoms with Crippen LogP contribution in [0.3, 0.4) is 0 Å². The molecule has 19 heavy (non-hydrogen) atoms. The fraction of sp³-hybridized carbons (Fsp3) is 0.133. The van der Waals surface area contributed by atoms with Crippen molar-refractivity contribution in [1.29, 1.82) is 0 Å². The van der Waals surface area contributed by atoms with Crippen molar-refractivity contribution in [3.8, 4) is 0 Å². The van der Waals surface area contributed by atoms with E-state index in [0.29, 0.717) is 11.4 Å². The Morgan fingerprint density at radius 2 is 1.79 bits per heavy atom. The zero-order valence-electron chi connectivity index (χ0n) is 10.4. The molecule has 2 aromatic carbocycles. The molecule has 3 rings (SSSR count). The van der Waals surface area contributed by atoms with Crippen LogP contribution >= 0.6 is 0 Å². The highest BCUT2D eigenvalue weighted by Crippen LogP contribution is 2.36. The third-order valence-electron chi connectivity index (χ3n) is 3.42. The summed E-state index contributed by atoms with van der Waals surface area (Å²) in [5.41, 5.74) is 1.12. The van der Waals surface area contributed by atoms with Gasteiger partial charge in [0.25, 0.3) is 5.91 Å². The number of anilines is 2. The van der Waals surface area contributed by atoms with E-state index in [1.165, 1.54) is 12.1 Å². The van der Waals surface area contributed by atoms with Crippen molar-refractivity contribution in [1.82, 2.24) is 0 Å². The first-order valence-corrected chi connectivity index (χ1v) is 6.04. The number of fused-ring (bicyclic) bond motifs is 1. The summed E-state index contributed by atoms with van der Waals surface area (Å²) in [5.74, 6) is -0.490. The molecule has 0 fully saturated rings. The monoisotopic (exact) mass is 256 g/mol. The third-order valence-corrected chi connectivity index (χ3v) is 3.42. The second-order valence-electron chi connectivity index (χ2n) is 4.76. The molecule has 96 valence electrons. The number of nitrogens with one attached hydrogen (secondary N) is 2. The average Bonchev–Trinajstić information content (AvgIpc) is 2.41. The molecule has 1 atom stereocenters. The lowest BCUT2D eigenvalue weighted by atomic mass is 9.88. The molecule has 0 bridgehead atoms. The summed E-state index contributed by atoms with van der Waals surface area (Å²) < 4.78 is 13.3. The first kappa shape index (κ1) is 11.7. The van der Waals surface area contributed by atoms with Gasteiger partial charge in [0.05, 0.1) is 11.4 Å². The first-order valence-electron chi connectivity index (χ1n) is 6.04. The van der Waals surface area contributed by atoms with E-state index in [4.69, 9.17) is 0 Å². The number of amides is 1. The Hall–Kier alpha value is -2.36. The Labute approximate surface area is 110 Å². The van der Waals surface area contributed by atoms with Gasteiger partial charge in [-0.1, -0.05) is 30.3 Å². The predicted molar refractivity (Wildman–Crippen MR) is 72.4 cm³/mol. The van der Waals surface area contributed by atoms with E-state index in [1.54, 1.807) is 13.0 Å². The second kappa shape index (κ2) is 4.09. The van der Waals surface area contributed by atoms with Gasteiger partial charge < -0.3 is 10.6 Å². The van der Waals surface area contributed by atoms with Crippen molar-refractivity contribution in [2.24, 2.45) is 0 Å². The summed E-state index contributed by atoms with van der Waals surface area (Å²) in [4.78, 5) is 12.3. The van der Waals surface area contributed by atoms with Crippen LogP contribution in [0.4, 0.5) is 15.8 Å². The van der Waals surface area contributed by atoms with Crippen LogP contribution in [0.25, 0.3) is 0 Å². The molecular formula is C15H13FN2O. The van der Waals surface area contributed by atoms with Crippen LogP contribution in [0.5, 0.6) is 0 Å². The third kappa shape index (κ3) is 1.85. The second-order valence-corrected chi connectivity index (χ2v) is 4.76. The minimum atomic E-state index is -0.901. The van der Waals surface area contributed by atoms with E-state index in [0.717, 1.165) is 5.56 Å². The molecule has 1 aliphatic rings. The Morgan fingerprint density at radius 3 is 2.53 bits per heavy atom. The lowest BCUT2D eigenvalue weighted by Gasteiger charge is -2.36. The minimum absolute atomic E-state index is 0.155. The van der Waals surface area contributed by atoms with Crippen LogP contribution in [0.15, 0.2) is 48.5 Å². The van der Waals surface area contributed by atoms with Gasteiger partial charge in [-0.25, -0.2) is 4.39 Å². The summed E-state index contributed by atoms with van der Waals surface area (Å²) >= 11 is 0. The van der Waals surface area contributed by atoms with E-state index in [-0.39, 0.29) is 11.7 Å². The van der Waals surface area contributed by atoms with Crippen LogP contribution in [0.2, 0.25) is 0 Å². The zero-order chi connectivity index (χ0) is 13.5. The molecule has 0 aliphatic carbocycles. The molecule has 4 heteroatoms. The molecule has 0 spiro atoms. The number of halogens is 1. The van der Waals surface area contributed by atoms with Crippen LogP contribution in [0, 0.1) is 5.82 Å². The normalized spacial score (nSPS) is 21.3. The zero-order valence-corrected chi connectivity index (χ0v) is 10.4. The smallest absolute Gasteiger partial charge is 0.254 e. The van der Waals surface area contributed by atoms with Gasteiger partial charge in [-0.3, -0.25) is 4.79 Å². The van der Waals surface area contributed by atoms with E-state index in [2.05, 4.69) is 10.6 Å². The summed E-state index contributed by atoms with van der Waals surface area (Å²) in [6, 6.07) is 13.6. The SMILES string of the molecule is CC1(c2ccccc2)Nc2cc(F)ccc2NC1=O. The van der Waals surface area contributed by atoms with Crippen molar-refractivity contribution < 1.29 is 9.18 Å². The maximum atomic E-state index is 13.3. The van der Waals surface area contributed by atoms with E-state index in [1.807, 2.05) is 30.3 Å². The maximum Gasteiger partial charge on any atom is 0.254 e. The molecule has 1 aliphatic heterocycles. The quantitative estimate of drug-likeness (QED) is 0.823. The van der Waals surface area contributed by atoms with Gasteiger partial charge in [-0.15, -0.1) is 0 Å². The van der Waals surface area contributed by atoms with Crippen molar-refractivity contribution in [2.45, 2.75) is 12.5 Å². The number of carbonyl (C=O) groups excluding carboxylic acids is 1. The van der Waals surface area contributed by atoms with E-state index in [9.17, 15) is 9.18 Å². The summed E-state index contributed by atoms with van der Waals surface area (Å²) in [7, 11) is 0. The summed E-state index contributed by atoms with van der Waals surface area (Å²) in [6.07, 6.45) is 0. The lowest BCUT2D eigenvalue weighted by molar-refractivity contribution is -0.120. The van der Waals surface area contributed by atoms with Crippen molar-refractivity contribution in [3.05, 3.63) is 59.9 Å². The van der Waals surface area contributed by atoms with Crippen molar-refractivity contribution in [3.63, 3.8) is 0 Å². The van der Waals surface area contributed by atoms with E-state index >= 15 is 0 Å². The maximum absolute atomic E-state index is 13.3. The topological polar surface area (TPSA) is 41.1 Å². The first-order chi connectivity index (χ1) is 9.09. The molecule has 0 aromatic heterocycles. The molecule has 0 saturated carbocycles. The number of rotatable bonds is 1. The number of hydrogen-bond acceptors (Lipinski definition) is 2. The van der Waals surface area contributed by atoms with Gasteiger partial charge in [-0.05, 0) is 30.7 Å². The number of hydrogen-bond donors (Lipinski definition) is 2. The molecule has 0 saturated heterocycles. The molecule has 3 nitrogen and oxygen atoms in total. The predicted octanol–water partition coefficient (Wildman–Crippen LogP) is 3.11. The molecule has 1 heterocycles. The van der Waals surface area contributed by atoms with Gasteiger partial charge in [0.15, 0.2) is 0 Å². The fourth-order valence-corrected chi connectivity index (χ4v) is 2.28. The van der Waals surface area contributed by atoms with Crippen LogP contribution in [0.1, 0.15) is 12.5 Å². The highest BCUT2D eigenvalue weighted by Gasteiger charge is 2.39. The van der Waals surface area contributed by atoms with Crippen molar-refractivity contribution in [2.75, 3.05) is 10.6 Å². The van der Waals surface area contributed by atoms with Gasteiger partial charge in [0.2, 0.25) is 0 Å². The van der Waals surface area contributed by atoms with E-state index < -0.39 is 5.54 Å². The minimum Gasteiger partial charge on any atom is -0.366 e. The molecule has 1 unspecified atom stereocenters. The lowest BCUT2D eigenvalue weighted by Crippen LogP contribution is -2.47. The highest BCUT2D eigenvalue weighted by molar-refractivity contribution is 6.06. The number of carbonyl (C=O) groups is 1. The van der Waals surface area contributed by atoms with Gasteiger partial charge in [0, 0.05) is 0 Å².